The van der Waals surface area contributed by atoms with Crippen LogP contribution in [0.25, 0.3) is 0 Å². The third-order valence-electron chi connectivity index (χ3n) is 2.77. The summed E-state index contributed by atoms with van der Waals surface area (Å²) < 4.78 is 37.1. The predicted molar refractivity (Wildman–Crippen MR) is 80.5 cm³/mol. The van der Waals surface area contributed by atoms with Gasteiger partial charge in [-0.1, -0.05) is 0 Å². The van der Waals surface area contributed by atoms with Crippen molar-refractivity contribution in [1.82, 2.24) is 0 Å². The van der Waals surface area contributed by atoms with E-state index in [1.807, 2.05) is 0 Å². The van der Waals surface area contributed by atoms with Crippen LogP contribution in [0.2, 0.25) is 0 Å². The van der Waals surface area contributed by atoms with E-state index in [2.05, 4.69) is 0 Å². The molecule has 0 saturated carbocycles. The van der Waals surface area contributed by atoms with Crippen LogP contribution in [0.3, 0.4) is 0 Å². The molecule has 1 fully saturated rings. The van der Waals surface area contributed by atoms with Crippen LogP contribution in [-0.4, -0.2) is 65.3 Å². The first-order chi connectivity index (χ1) is 10.1. The van der Waals surface area contributed by atoms with E-state index in [9.17, 15) is 14.0 Å². The summed E-state index contributed by atoms with van der Waals surface area (Å²) in [6.07, 6.45) is 0.869. The molecule has 1 aliphatic rings. The highest BCUT2D eigenvalue weighted by Crippen LogP contribution is 2.51. The lowest BCUT2D eigenvalue weighted by atomic mass is 9.97. The molecular weight excluding hydrogens is 357 g/mol. The molecule has 2 unspecified atom stereocenters. The molecule has 1 rings (SSSR count). The number of aliphatic hydroxyl groups excluding tert-OH is 1. The largest absolute Gasteiger partial charge is 0.472 e. The van der Waals surface area contributed by atoms with Crippen molar-refractivity contribution in [2.75, 3.05) is 25.6 Å². The minimum atomic E-state index is -4.33. The van der Waals surface area contributed by atoms with Gasteiger partial charge in [-0.25, -0.2) is 9.13 Å². The van der Waals surface area contributed by atoms with Crippen molar-refractivity contribution in [3.8, 4) is 0 Å². The Bertz CT molecular complexity index is 433. The van der Waals surface area contributed by atoms with Gasteiger partial charge in [-0.05, 0) is 24.2 Å². The van der Waals surface area contributed by atoms with Gasteiger partial charge in [0, 0.05) is 24.3 Å². The van der Waals surface area contributed by atoms with Crippen LogP contribution in [-0.2, 0) is 22.9 Å². The maximum atomic E-state index is 11.7. The fourth-order valence-electron chi connectivity index (χ4n) is 1.63. The van der Waals surface area contributed by atoms with Crippen LogP contribution in [0.4, 0.5) is 0 Å². The SMILES string of the molecule is [B][C@H]1CC[C@@H](COP(=O)(O)OCC(CO)CSP(=O)(O)O)O1. The number of hydrogen-bond acceptors (Lipinski definition) is 7. The molecule has 1 heterocycles. The van der Waals surface area contributed by atoms with Crippen molar-refractivity contribution in [3.63, 3.8) is 0 Å². The summed E-state index contributed by atoms with van der Waals surface area (Å²) >= 11 is 0.331. The molecule has 1 saturated heterocycles. The molecule has 0 aliphatic carbocycles. The molecule has 0 aromatic rings. The second-order valence-electron chi connectivity index (χ2n) is 4.77. The monoisotopic (exact) mass is 376 g/mol. The zero-order valence-electron chi connectivity index (χ0n) is 11.7. The molecule has 13 heteroatoms. The van der Waals surface area contributed by atoms with Crippen LogP contribution in [0.1, 0.15) is 12.8 Å². The van der Waals surface area contributed by atoms with Crippen LogP contribution >= 0.6 is 26.0 Å². The van der Waals surface area contributed by atoms with Gasteiger partial charge in [0.15, 0.2) is 0 Å². The molecule has 0 bridgehead atoms. The maximum absolute atomic E-state index is 11.7. The van der Waals surface area contributed by atoms with E-state index < -0.39 is 33.1 Å². The van der Waals surface area contributed by atoms with Crippen LogP contribution < -0.4 is 0 Å². The highest BCUT2D eigenvalue weighted by atomic mass is 32.7. The van der Waals surface area contributed by atoms with E-state index in [1.54, 1.807) is 0 Å². The molecule has 2 radical (unpaired) electrons. The smallest absolute Gasteiger partial charge is 0.396 e. The molecule has 0 spiro atoms. The topological polar surface area (TPSA) is 143 Å². The van der Waals surface area contributed by atoms with Crippen molar-refractivity contribution in [1.29, 1.82) is 0 Å². The van der Waals surface area contributed by atoms with Gasteiger partial charge < -0.3 is 24.5 Å². The molecule has 1 aliphatic heterocycles. The molecule has 128 valence electrons. The van der Waals surface area contributed by atoms with Crippen LogP contribution in [0.5, 0.6) is 0 Å². The quantitative estimate of drug-likeness (QED) is 0.309. The molecule has 0 aromatic heterocycles. The number of aliphatic hydroxyl groups is 1. The van der Waals surface area contributed by atoms with Crippen molar-refractivity contribution in [3.05, 3.63) is 0 Å². The second-order valence-corrected chi connectivity index (χ2v) is 10.00. The summed E-state index contributed by atoms with van der Waals surface area (Å²) in [6, 6.07) is -0.406. The molecular formula is C9H19BO9P2S. The number of phosphoric ester groups is 1. The van der Waals surface area contributed by atoms with Gasteiger partial charge in [0.2, 0.25) is 0 Å². The van der Waals surface area contributed by atoms with Gasteiger partial charge in [0.1, 0.15) is 7.85 Å². The van der Waals surface area contributed by atoms with E-state index in [0.29, 0.717) is 24.2 Å². The van der Waals surface area contributed by atoms with Gasteiger partial charge in [-0.15, -0.1) is 0 Å². The van der Waals surface area contributed by atoms with E-state index >= 15 is 0 Å². The minimum absolute atomic E-state index is 0.124. The van der Waals surface area contributed by atoms with E-state index in [-0.39, 0.29) is 25.1 Å². The first kappa shape index (κ1) is 20.6. The van der Waals surface area contributed by atoms with Gasteiger partial charge >= 0.3 is 14.6 Å². The molecule has 22 heavy (non-hydrogen) atoms. The Balaban J connectivity index is 2.30. The Labute approximate surface area is 133 Å². The Hall–Kier alpha value is 0.595. The first-order valence-corrected chi connectivity index (χ1v) is 11.1. The first-order valence-electron chi connectivity index (χ1n) is 6.45. The Kier molecular flexibility index (Phi) is 8.61. The lowest BCUT2D eigenvalue weighted by molar-refractivity contribution is 0.0323. The van der Waals surface area contributed by atoms with Crippen molar-refractivity contribution in [2.24, 2.45) is 5.92 Å². The second kappa shape index (κ2) is 9.18. The highest BCUT2D eigenvalue weighted by Gasteiger charge is 2.29. The third-order valence-corrected chi connectivity index (χ3v) is 6.14. The van der Waals surface area contributed by atoms with E-state index in [0.717, 1.165) is 0 Å². The lowest BCUT2D eigenvalue weighted by Gasteiger charge is -2.18. The zero-order chi connectivity index (χ0) is 16.8. The Morgan fingerprint density at radius 2 is 1.95 bits per heavy atom. The summed E-state index contributed by atoms with van der Waals surface area (Å²) in [5, 5.41) is 9.06. The average Bonchev–Trinajstić information content (AvgIpc) is 2.81. The van der Waals surface area contributed by atoms with Gasteiger partial charge in [-0.2, -0.15) is 0 Å². The van der Waals surface area contributed by atoms with Gasteiger partial charge in [0.25, 0.3) is 0 Å². The fraction of sp³-hybridized carbons (Fsp3) is 1.00. The van der Waals surface area contributed by atoms with Gasteiger partial charge in [0.05, 0.1) is 19.3 Å². The number of ether oxygens (including phenoxy) is 1. The summed E-state index contributed by atoms with van der Waals surface area (Å²) in [5.74, 6) is -0.834. The zero-order valence-corrected chi connectivity index (χ0v) is 14.3. The minimum Gasteiger partial charge on any atom is -0.396 e. The third kappa shape index (κ3) is 9.03. The standard InChI is InChI=1S/C9H19BO9P2S/c10-9-2-1-8(19-9)5-18-21(15,16)17-4-7(3-11)6-22-20(12,13)14/h7-9,11H,1-6H2,(H,15,16)(H2,12,13,14)/t7?,8-,9+/m0/s1. The predicted octanol–water partition coefficient (Wildman–Crippen LogP) is 0.228. The molecule has 4 atom stereocenters. The Morgan fingerprint density at radius 3 is 2.45 bits per heavy atom. The van der Waals surface area contributed by atoms with Crippen molar-refractivity contribution < 1.29 is 42.7 Å². The molecule has 0 aromatic carbocycles. The number of rotatable bonds is 10. The summed E-state index contributed by atoms with van der Waals surface area (Å²) in [4.78, 5) is 26.9. The normalized spacial score (nSPS) is 26.7. The van der Waals surface area contributed by atoms with Crippen molar-refractivity contribution in [2.45, 2.75) is 24.9 Å². The van der Waals surface area contributed by atoms with Crippen molar-refractivity contribution >= 4 is 33.8 Å². The average molecular weight is 376 g/mol. The van der Waals surface area contributed by atoms with Crippen LogP contribution in [0, 0.1) is 5.92 Å². The summed E-state index contributed by atoms with van der Waals surface area (Å²) in [5.41, 5.74) is 0. The fourth-order valence-corrected chi connectivity index (χ4v) is 4.28. The summed E-state index contributed by atoms with van der Waals surface area (Å²) in [7, 11) is 1.18. The highest BCUT2D eigenvalue weighted by molar-refractivity contribution is 8.54. The van der Waals surface area contributed by atoms with Crippen LogP contribution in [0.15, 0.2) is 0 Å². The molecule has 9 nitrogen and oxygen atoms in total. The lowest BCUT2D eigenvalue weighted by Crippen LogP contribution is -2.19. The van der Waals surface area contributed by atoms with Gasteiger partial charge in [-0.3, -0.25) is 9.05 Å². The maximum Gasteiger partial charge on any atom is 0.472 e. The van der Waals surface area contributed by atoms with E-state index in [1.165, 1.54) is 0 Å². The Morgan fingerprint density at radius 1 is 1.27 bits per heavy atom. The molecule has 0 amide bonds. The van der Waals surface area contributed by atoms with E-state index in [4.69, 9.17) is 36.5 Å². The number of hydrogen-bond donors (Lipinski definition) is 4. The molecule has 4 N–H and O–H groups in total. The number of phosphoric acid groups is 1. The summed E-state index contributed by atoms with van der Waals surface area (Å²) in [6.45, 7) is -5.25.